The van der Waals surface area contributed by atoms with Crippen molar-refractivity contribution in [3.8, 4) is 5.75 Å². The third-order valence-corrected chi connectivity index (χ3v) is 2.61. The Morgan fingerprint density at radius 2 is 2.11 bits per heavy atom. The summed E-state index contributed by atoms with van der Waals surface area (Å²) in [6.45, 7) is 2.49. The van der Waals surface area contributed by atoms with Gasteiger partial charge in [-0.2, -0.15) is 0 Å². The first-order valence-electron chi connectivity index (χ1n) is 6.01. The fourth-order valence-corrected chi connectivity index (χ4v) is 1.32. The molecule has 0 saturated heterocycles. The number of carbonyl (C=O) groups excluding carboxylic acids is 1. The topological polar surface area (TPSA) is 64.3 Å². The molecule has 0 spiro atoms. The Kier molecular flexibility index (Phi) is 5.94. The van der Waals surface area contributed by atoms with Crippen LogP contribution in [0.15, 0.2) is 30.3 Å². The predicted molar refractivity (Wildman–Crippen MR) is 73.3 cm³/mol. The van der Waals surface area contributed by atoms with E-state index in [0.29, 0.717) is 6.54 Å². The third kappa shape index (κ3) is 5.01. The molecule has 0 aliphatic heterocycles. The van der Waals surface area contributed by atoms with Gasteiger partial charge in [0.25, 0.3) is 0 Å². The molecule has 1 amide bonds. The maximum absolute atomic E-state index is 11.5. The Balaban J connectivity index is 2.45. The number of nitrogens with one attached hydrogen (secondary N) is 1. The third-order valence-electron chi connectivity index (χ3n) is 2.61. The van der Waals surface area contributed by atoms with Gasteiger partial charge in [0, 0.05) is 18.7 Å². The highest BCUT2D eigenvalue weighted by Crippen LogP contribution is 2.12. The maximum Gasteiger partial charge on any atom is 0.244 e. The van der Waals surface area contributed by atoms with Crippen LogP contribution in [-0.4, -0.2) is 25.6 Å². The summed E-state index contributed by atoms with van der Waals surface area (Å²) in [5.41, 5.74) is 6.66. The van der Waals surface area contributed by atoms with Gasteiger partial charge in [0.05, 0.1) is 7.11 Å². The molecular formula is C14H20N2O2. The van der Waals surface area contributed by atoms with Gasteiger partial charge in [0.1, 0.15) is 5.75 Å². The number of hydrogen-bond donors (Lipinski definition) is 2. The first kappa shape index (κ1) is 14.3. The number of amides is 1. The van der Waals surface area contributed by atoms with Crippen molar-refractivity contribution in [3.05, 3.63) is 35.9 Å². The normalized spacial score (nSPS) is 12.4. The molecule has 3 N–H and O–H groups in total. The highest BCUT2D eigenvalue weighted by Gasteiger charge is 2.00. The summed E-state index contributed by atoms with van der Waals surface area (Å²) in [5, 5.41) is 2.75. The molecule has 0 aliphatic carbocycles. The second kappa shape index (κ2) is 7.50. The summed E-state index contributed by atoms with van der Waals surface area (Å²) in [4.78, 5) is 11.5. The Bertz CT molecular complexity index is 399. The smallest absolute Gasteiger partial charge is 0.244 e. The average molecular weight is 248 g/mol. The highest BCUT2D eigenvalue weighted by atomic mass is 16.5. The first-order valence-corrected chi connectivity index (χ1v) is 6.01. The van der Waals surface area contributed by atoms with E-state index in [1.54, 1.807) is 13.2 Å². The molecule has 1 unspecified atom stereocenters. The largest absolute Gasteiger partial charge is 0.497 e. The summed E-state index contributed by atoms with van der Waals surface area (Å²) in [7, 11) is 1.62. The number of hydrogen-bond acceptors (Lipinski definition) is 3. The summed E-state index contributed by atoms with van der Waals surface area (Å²) in [6.07, 6.45) is 4.11. The Labute approximate surface area is 108 Å². The van der Waals surface area contributed by atoms with Crippen LogP contribution in [0.3, 0.4) is 0 Å². The number of benzene rings is 1. The maximum atomic E-state index is 11.5. The fourth-order valence-electron chi connectivity index (χ4n) is 1.32. The van der Waals surface area contributed by atoms with Crippen molar-refractivity contribution in [2.24, 2.45) is 5.73 Å². The molecule has 1 atom stereocenters. The number of ether oxygens (including phenoxy) is 1. The summed E-state index contributed by atoms with van der Waals surface area (Å²) < 4.78 is 5.05. The second-order valence-corrected chi connectivity index (χ2v) is 4.02. The van der Waals surface area contributed by atoms with Gasteiger partial charge in [-0.15, -0.1) is 0 Å². The molecule has 0 bridgehead atoms. The number of methoxy groups -OCH3 is 1. The van der Waals surface area contributed by atoms with E-state index < -0.39 is 0 Å². The van der Waals surface area contributed by atoms with Crippen LogP contribution < -0.4 is 15.8 Å². The van der Waals surface area contributed by atoms with Gasteiger partial charge in [0.15, 0.2) is 0 Å². The van der Waals surface area contributed by atoms with Crippen molar-refractivity contribution in [1.29, 1.82) is 0 Å². The van der Waals surface area contributed by atoms with E-state index in [2.05, 4.69) is 5.32 Å². The quantitative estimate of drug-likeness (QED) is 0.751. The minimum absolute atomic E-state index is 0.0170. The molecule has 1 aromatic rings. The highest BCUT2D eigenvalue weighted by molar-refractivity contribution is 5.91. The van der Waals surface area contributed by atoms with Crippen LogP contribution in [-0.2, 0) is 4.79 Å². The van der Waals surface area contributed by atoms with E-state index in [-0.39, 0.29) is 11.9 Å². The summed E-state index contributed by atoms with van der Waals surface area (Å²) >= 11 is 0. The Morgan fingerprint density at radius 1 is 1.44 bits per heavy atom. The van der Waals surface area contributed by atoms with Crippen LogP contribution in [0.4, 0.5) is 0 Å². The first-order chi connectivity index (χ1) is 8.65. The van der Waals surface area contributed by atoms with Crippen molar-refractivity contribution in [1.82, 2.24) is 5.32 Å². The van der Waals surface area contributed by atoms with Crippen molar-refractivity contribution in [3.63, 3.8) is 0 Å². The van der Waals surface area contributed by atoms with E-state index >= 15 is 0 Å². The lowest BCUT2D eigenvalue weighted by Crippen LogP contribution is -2.35. The molecule has 18 heavy (non-hydrogen) atoms. The molecule has 1 rings (SSSR count). The molecular weight excluding hydrogens is 228 g/mol. The van der Waals surface area contributed by atoms with Gasteiger partial charge in [-0.3, -0.25) is 4.79 Å². The SMILES string of the molecule is CCC(N)CNC(=O)C=Cc1ccc(OC)cc1. The van der Waals surface area contributed by atoms with E-state index in [4.69, 9.17) is 10.5 Å². The predicted octanol–water partition coefficient (Wildman–Crippen LogP) is 1.56. The molecule has 98 valence electrons. The van der Waals surface area contributed by atoms with Gasteiger partial charge >= 0.3 is 0 Å². The van der Waals surface area contributed by atoms with Crippen LogP contribution in [0.2, 0.25) is 0 Å². The molecule has 0 saturated carbocycles. The van der Waals surface area contributed by atoms with Gasteiger partial charge in [-0.05, 0) is 30.2 Å². The molecule has 0 radical (unpaired) electrons. The van der Waals surface area contributed by atoms with E-state index in [1.165, 1.54) is 6.08 Å². The van der Waals surface area contributed by atoms with E-state index in [1.807, 2.05) is 31.2 Å². The second-order valence-electron chi connectivity index (χ2n) is 4.02. The van der Waals surface area contributed by atoms with Crippen molar-refractivity contribution < 1.29 is 9.53 Å². The zero-order valence-electron chi connectivity index (χ0n) is 10.8. The summed E-state index contributed by atoms with van der Waals surface area (Å²) in [5.74, 6) is 0.667. The van der Waals surface area contributed by atoms with Crippen LogP contribution in [0, 0.1) is 0 Å². The van der Waals surface area contributed by atoms with Crippen LogP contribution in [0.5, 0.6) is 5.75 Å². The Morgan fingerprint density at radius 3 is 2.67 bits per heavy atom. The molecule has 1 aromatic carbocycles. The summed E-state index contributed by atoms with van der Waals surface area (Å²) in [6, 6.07) is 7.50. The zero-order chi connectivity index (χ0) is 13.4. The molecule has 4 heteroatoms. The molecule has 0 aliphatic rings. The molecule has 4 nitrogen and oxygen atoms in total. The van der Waals surface area contributed by atoms with Gasteiger partial charge in [0.2, 0.25) is 5.91 Å². The van der Waals surface area contributed by atoms with Gasteiger partial charge < -0.3 is 15.8 Å². The number of carbonyl (C=O) groups is 1. The lowest BCUT2D eigenvalue weighted by molar-refractivity contribution is -0.116. The van der Waals surface area contributed by atoms with Gasteiger partial charge in [-0.1, -0.05) is 19.1 Å². The van der Waals surface area contributed by atoms with Gasteiger partial charge in [-0.25, -0.2) is 0 Å². The Hall–Kier alpha value is -1.81. The van der Waals surface area contributed by atoms with Crippen LogP contribution in [0.25, 0.3) is 6.08 Å². The lowest BCUT2D eigenvalue weighted by atomic mass is 10.2. The molecule has 0 aromatic heterocycles. The molecule has 0 fully saturated rings. The lowest BCUT2D eigenvalue weighted by Gasteiger charge is -2.08. The standard InChI is InChI=1S/C14H20N2O2/c1-3-12(15)10-16-14(17)9-6-11-4-7-13(18-2)8-5-11/h4-9,12H,3,10,15H2,1-2H3,(H,16,17). The van der Waals surface area contributed by atoms with E-state index in [0.717, 1.165) is 17.7 Å². The zero-order valence-corrected chi connectivity index (χ0v) is 10.8. The monoisotopic (exact) mass is 248 g/mol. The van der Waals surface area contributed by atoms with Crippen molar-refractivity contribution in [2.75, 3.05) is 13.7 Å². The number of nitrogens with two attached hydrogens (primary N) is 1. The minimum Gasteiger partial charge on any atom is -0.497 e. The van der Waals surface area contributed by atoms with Crippen molar-refractivity contribution >= 4 is 12.0 Å². The average Bonchev–Trinajstić information content (AvgIpc) is 2.42. The van der Waals surface area contributed by atoms with E-state index in [9.17, 15) is 4.79 Å². The van der Waals surface area contributed by atoms with Crippen molar-refractivity contribution in [2.45, 2.75) is 19.4 Å². The fraction of sp³-hybridized carbons (Fsp3) is 0.357. The number of rotatable bonds is 6. The minimum atomic E-state index is -0.130. The van der Waals surface area contributed by atoms with Crippen LogP contribution in [0.1, 0.15) is 18.9 Å². The molecule has 0 heterocycles. The van der Waals surface area contributed by atoms with Crippen LogP contribution >= 0.6 is 0 Å².